The van der Waals surface area contributed by atoms with Gasteiger partial charge < -0.3 is 33.9 Å². The third-order valence-corrected chi connectivity index (χ3v) is 6.38. The summed E-state index contributed by atoms with van der Waals surface area (Å²) < 4.78 is 29.0. The lowest BCUT2D eigenvalue weighted by molar-refractivity contribution is -0.139. The smallest absolute Gasteiger partial charge is 0.341 e. The molecule has 1 unspecified atom stereocenters. The molecule has 0 saturated carbocycles. The summed E-state index contributed by atoms with van der Waals surface area (Å²) in [5.41, 5.74) is 1.67. The fraction of sp³-hybridized carbons (Fsp3) is 0.321. The molecule has 4 rings (SSSR count). The molecule has 3 aromatic rings. The Morgan fingerprint density at radius 3 is 2.49 bits per heavy atom. The number of hydrogen-bond acceptors (Lipinski definition) is 8. The molecule has 39 heavy (non-hydrogen) atoms. The standard InChI is InChI=1S/C28H30N2O9/c1-5-16(2)27-29-13-19(30(27)21-7-6-20(35-3)11-23(21)37-14-26(31)32)9-18(28(33)34)8-17-10-24-25(39-15-38-24)12-22(17)36-4/h6-7,9-13,16H,5,8,14-15H2,1-4H3,(H,31,32)(H,33,34)/b18-9+. The normalized spacial score (nSPS) is 13.2. The number of hydrogen-bond donors (Lipinski definition) is 2. The van der Waals surface area contributed by atoms with Crippen molar-refractivity contribution in [2.45, 2.75) is 32.6 Å². The van der Waals surface area contributed by atoms with E-state index in [-0.39, 0.29) is 30.5 Å². The maximum absolute atomic E-state index is 12.4. The molecule has 0 saturated heterocycles. The first-order valence-electron chi connectivity index (χ1n) is 12.3. The highest BCUT2D eigenvalue weighted by Crippen LogP contribution is 2.39. The maximum Gasteiger partial charge on any atom is 0.341 e. The summed E-state index contributed by atoms with van der Waals surface area (Å²) in [6, 6.07) is 8.41. The molecule has 206 valence electrons. The largest absolute Gasteiger partial charge is 0.497 e. The van der Waals surface area contributed by atoms with Crippen molar-refractivity contribution in [2.75, 3.05) is 27.6 Å². The molecule has 0 fully saturated rings. The van der Waals surface area contributed by atoms with Gasteiger partial charge in [-0.15, -0.1) is 0 Å². The molecule has 1 atom stereocenters. The number of ether oxygens (including phenoxy) is 5. The second-order valence-electron chi connectivity index (χ2n) is 8.87. The number of carbonyl (C=O) groups is 2. The van der Waals surface area contributed by atoms with Crippen LogP contribution in [0.3, 0.4) is 0 Å². The van der Waals surface area contributed by atoms with Gasteiger partial charge in [-0.1, -0.05) is 13.8 Å². The molecule has 2 N–H and O–H groups in total. The van der Waals surface area contributed by atoms with Crippen LogP contribution in [0.4, 0.5) is 0 Å². The molecule has 0 aliphatic carbocycles. The number of methoxy groups -OCH3 is 2. The van der Waals surface area contributed by atoms with Crippen molar-refractivity contribution in [1.29, 1.82) is 0 Å². The Hall–Kier alpha value is -4.67. The van der Waals surface area contributed by atoms with E-state index in [0.29, 0.717) is 45.8 Å². The summed E-state index contributed by atoms with van der Waals surface area (Å²) in [5, 5.41) is 19.3. The number of imidazole rings is 1. The Bertz CT molecular complexity index is 1410. The number of carboxylic acids is 2. The Morgan fingerprint density at radius 1 is 1.10 bits per heavy atom. The minimum atomic E-state index is -1.14. The molecule has 11 heteroatoms. The monoisotopic (exact) mass is 538 g/mol. The molecule has 0 radical (unpaired) electrons. The number of carboxylic acid groups (broad SMARTS) is 2. The quantitative estimate of drug-likeness (QED) is 0.321. The predicted octanol–water partition coefficient (Wildman–Crippen LogP) is 4.31. The van der Waals surface area contributed by atoms with Gasteiger partial charge >= 0.3 is 11.9 Å². The van der Waals surface area contributed by atoms with Crippen molar-refractivity contribution in [3.8, 4) is 34.4 Å². The van der Waals surface area contributed by atoms with E-state index in [1.807, 2.05) is 13.8 Å². The van der Waals surface area contributed by atoms with Gasteiger partial charge in [-0.25, -0.2) is 14.6 Å². The van der Waals surface area contributed by atoms with Crippen LogP contribution in [0.2, 0.25) is 0 Å². The van der Waals surface area contributed by atoms with Crippen LogP contribution < -0.4 is 23.7 Å². The molecule has 0 amide bonds. The number of benzene rings is 2. The number of rotatable bonds is 12. The minimum Gasteiger partial charge on any atom is -0.497 e. The van der Waals surface area contributed by atoms with Crippen molar-refractivity contribution in [1.82, 2.24) is 9.55 Å². The molecule has 0 bridgehead atoms. The van der Waals surface area contributed by atoms with E-state index < -0.39 is 18.5 Å². The van der Waals surface area contributed by atoms with Gasteiger partial charge in [0.1, 0.15) is 23.1 Å². The molecule has 1 aliphatic rings. The lowest BCUT2D eigenvalue weighted by Gasteiger charge is -2.18. The molecule has 11 nitrogen and oxygen atoms in total. The predicted molar refractivity (Wildman–Crippen MR) is 140 cm³/mol. The Kier molecular flexibility index (Phi) is 8.28. The molecule has 1 aromatic heterocycles. The van der Waals surface area contributed by atoms with Crippen molar-refractivity contribution < 1.29 is 43.5 Å². The molecular weight excluding hydrogens is 508 g/mol. The third kappa shape index (κ3) is 5.92. The van der Waals surface area contributed by atoms with Crippen LogP contribution in [0.1, 0.15) is 43.3 Å². The van der Waals surface area contributed by atoms with Crippen molar-refractivity contribution in [3.63, 3.8) is 0 Å². The Balaban J connectivity index is 1.84. The first kappa shape index (κ1) is 27.4. The molecule has 2 heterocycles. The van der Waals surface area contributed by atoms with Gasteiger partial charge in [0.2, 0.25) is 6.79 Å². The zero-order valence-electron chi connectivity index (χ0n) is 22.1. The van der Waals surface area contributed by atoms with Crippen LogP contribution in [-0.4, -0.2) is 59.3 Å². The van der Waals surface area contributed by atoms with E-state index >= 15 is 0 Å². The molecule has 0 spiro atoms. The van der Waals surface area contributed by atoms with Crippen LogP contribution in [0, 0.1) is 0 Å². The van der Waals surface area contributed by atoms with Crippen LogP contribution in [-0.2, 0) is 16.0 Å². The van der Waals surface area contributed by atoms with E-state index in [0.717, 1.165) is 6.42 Å². The second-order valence-corrected chi connectivity index (χ2v) is 8.87. The van der Waals surface area contributed by atoms with Gasteiger partial charge in [0.25, 0.3) is 0 Å². The van der Waals surface area contributed by atoms with Crippen molar-refractivity contribution >= 4 is 18.0 Å². The highest BCUT2D eigenvalue weighted by Gasteiger charge is 2.23. The van der Waals surface area contributed by atoms with Gasteiger partial charge in [-0.3, -0.25) is 4.57 Å². The van der Waals surface area contributed by atoms with E-state index in [1.54, 1.807) is 41.1 Å². The topological polar surface area (TPSA) is 139 Å². The van der Waals surface area contributed by atoms with Gasteiger partial charge in [-0.05, 0) is 30.7 Å². The zero-order chi connectivity index (χ0) is 28.1. The molecular formula is C28H30N2O9. The van der Waals surface area contributed by atoms with E-state index in [2.05, 4.69) is 4.98 Å². The first-order chi connectivity index (χ1) is 18.7. The highest BCUT2D eigenvalue weighted by atomic mass is 16.7. The fourth-order valence-electron chi connectivity index (χ4n) is 4.20. The van der Waals surface area contributed by atoms with Crippen molar-refractivity contribution in [3.05, 3.63) is 59.2 Å². The highest BCUT2D eigenvalue weighted by molar-refractivity contribution is 5.92. The van der Waals surface area contributed by atoms with Crippen LogP contribution >= 0.6 is 0 Å². The van der Waals surface area contributed by atoms with Crippen LogP contribution in [0.25, 0.3) is 11.8 Å². The SMILES string of the molecule is CCC(C)c1ncc(/C=C(\Cc2cc3c(cc2OC)OCO3)C(=O)O)n1-c1ccc(OC)cc1OCC(=O)O. The summed E-state index contributed by atoms with van der Waals surface area (Å²) in [4.78, 5) is 28.3. The molecule has 2 aromatic carbocycles. The lowest BCUT2D eigenvalue weighted by atomic mass is 10.0. The second kappa shape index (κ2) is 11.8. The van der Waals surface area contributed by atoms with Gasteiger partial charge in [0, 0.05) is 35.6 Å². The van der Waals surface area contributed by atoms with Gasteiger partial charge in [0.15, 0.2) is 18.1 Å². The number of aliphatic carboxylic acids is 2. The fourth-order valence-corrected chi connectivity index (χ4v) is 4.20. The summed E-state index contributed by atoms with van der Waals surface area (Å²) >= 11 is 0. The summed E-state index contributed by atoms with van der Waals surface area (Å²) in [6.07, 6.45) is 3.93. The summed E-state index contributed by atoms with van der Waals surface area (Å²) in [5.74, 6) is 0.653. The molecule has 1 aliphatic heterocycles. The van der Waals surface area contributed by atoms with Gasteiger partial charge in [0.05, 0.1) is 31.8 Å². The third-order valence-electron chi connectivity index (χ3n) is 6.38. The van der Waals surface area contributed by atoms with E-state index in [9.17, 15) is 19.8 Å². The van der Waals surface area contributed by atoms with E-state index in [1.165, 1.54) is 20.3 Å². The Morgan fingerprint density at radius 2 is 1.85 bits per heavy atom. The maximum atomic E-state index is 12.4. The van der Waals surface area contributed by atoms with Crippen LogP contribution in [0.15, 0.2) is 42.1 Å². The number of fused-ring (bicyclic) bond motifs is 1. The first-order valence-corrected chi connectivity index (χ1v) is 12.3. The lowest BCUT2D eigenvalue weighted by Crippen LogP contribution is -2.13. The number of nitrogens with zero attached hydrogens (tertiary/aromatic N) is 2. The zero-order valence-corrected chi connectivity index (χ0v) is 22.1. The van der Waals surface area contributed by atoms with Crippen LogP contribution in [0.5, 0.6) is 28.7 Å². The van der Waals surface area contributed by atoms with Crippen molar-refractivity contribution in [2.24, 2.45) is 0 Å². The average molecular weight is 539 g/mol. The summed E-state index contributed by atoms with van der Waals surface area (Å²) in [6.45, 7) is 3.53. The summed E-state index contributed by atoms with van der Waals surface area (Å²) in [7, 11) is 3.00. The Labute approximate surface area is 225 Å². The van der Waals surface area contributed by atoms with Gasteiger partial charge in [-0.2, -0.15) is 0 Å². The number of aromatic nitrogens is 2. The van der Waals surface area contributed by atoms with E-state index in [4.69, 9.17) is 23.7 Å². The minimum absolute atomic E-state index is 0.00353. The average Bonchev–Trinajstić information content (AvgIpc) is 3.56.